The van der Waals surface area contributed by atoms with Crippen LogP contribution in [0.1, 0.15) is 55.4 Å². The Labute approximate surface area is 252 Å². The smallest absolute Gasteiger partial charge is 0.408 e. The Bertz CT molecular complexity index is 1160. The normalized spacial score (nSPS) is 11.9. The summed E-state index contributed by atoms with van der Waals surface area (Å²) in [5.41, 5.74) is 0.203. The number of nitrogens with zero attached hydrogens (tertiary/aromatic N) is 1. The maximum atomic E-state index is 13.8. The molecule has 0 saturated carbocycles. The minimum atomic E-state index is -0.765. The second-order valence-corrected chi connectivity index (χ2v) is 13.2. The van der Waals surface area contributed by atoms with E-state index in [1.54, 1.807) is 48.3 Å². The Morgan fingerprint density at radius 1 is 0.925 bits per heavy atom. The van der Waals surface area contributed by atoms with E-state index in [0.29, 0.717) is 38.9 Å². The number of nitrogens with one attached hydrogen (secondary N) is 2. The Balaban J connectivity index is 1.56. The Kier molecular flexibility index (Phi) is 12.5. The lowest BCUT2D eigenvalue weighted by atomic mass is 10.1. The van der Waals surface area contributed by atoms with Gasteiger partial charge in [-0.2, -0.15) is 0 Å². The van der Waals surface area contributed by atoms with E-state index in [9.17, 15) is 14.4 Å². The van der Waals surface area contributed by atoms with Gasteiger partial charge < -0.3 is 25.0 Å². The number of amides is 3. The van der Waals surface area contributed by atoms with E-state index in [-0.39, 0.29) is 12.5 Å². The fourth-order valence-corrected chi connectivity index (χ4v) is 5.47. The van der Waals surface area contributed by atoms with Crippen molar-refractivity contribution < 1.29 is 23.9 Å². The molecule has 3 aromatic rings. The maximum absolute atomic E-state index is 13.8. The topological polar surface area (TPSA) is 97.0 Å². The molecule has 0 radical (unpaired) electrons. The number of alkyl carbamates (subject to hydrolysis) is 2. The van der Waals surface area contributed by atoms with Crippen LogP contribution in [0.15, 0.2) is 63.8 Å². The van der Waals surface area contributed by atoms with Crippen LogP contribution in [0, 0.1) is 0 Å². The first-order valence-corrected chi connectivity index (χ1v) is 15.6. The third-order valence-electron chi connectivity index (χ3n) is 5.63. The fraction of sp³-hybridized carbons (Fsp3) is 0.414. The molecule has 2 aromatic heterocycles. The second-order valence-electron chi connectivity index (χ2n) is 10.2. The van der Waals surface area contributed by atoms with Crippen LogP contribution in [0.25, 0.3) is 0 Å². The first-order valence-electron chi connectivity index (χ1n) is 13.1. The summed E-state index contributed by atoms with van der Waals surface area (Å²) >= 11 is 6.56. The van der Waals surface area contributed by atoms with Gasteiger partial charge in [-0.15, -0.1) is 22.7 Å². The van der Waals surface area contributed by atoms with Crippen LogP contribution in [0.3, 0.4) is 0 Å². The van der Waals surface area contributed by atoms with Crippen LogP contribution < -0.4 is 10.6 Å². The number of halogens is 1. The number of ether oxygens (including phenoxy) is 2. The minimum absolute atomic E-state index is 0.172. The van der Waals surface area contributed by atoms with Crippen molar-refractivity contribution in [2.45, 2.75) is 71.4 Å². The number of rotatable bonds is 13. The van der Waals surface area contributed by atoms with Gasteiger partial charge in [-0.3, -0.25) is 4.79 Å². The molecule has 0 aliphatic carbocycles. The molecule has 3 rings (SSSR count). The lowest BCUT2D eigenvalue weighted by Crippen LogP contribution is -2.49. The monoisotopic (exact) mass is 649 g/mol. The fourth-order valence-electron chi connectivity index (χ4n) is 3.77. The number of carbonyl (C=O) groups excluding carboxylic acids is 3. The minimum Gasteiger partial charge on any atom is -0.445 e. The van der Waals surface area contributed by atoms with Gasteiger partial charge in [-0.25, -0.2) is 9.59 Å². The van der Waals surface area contributed by atoms with Crippen molar-refractivity contribution in [3.05, 3.63) is 79.1 Å². The highest BCUT2D eigenvalue weighted by Gasteiger charge is 2.28. The number of hydrogen-bond acceptors (Lipinski definition) is 7. The summed E-state index contributed by atoms with van der Waals surface area (Å²) in [5.74, 6) is -0.172. The van der Waals surface area contributed by atoms with Crippen molar-refractivity contribution in [2.24, 2.45) is 0 Å². The summed E-state index contributed by atoms with van der Waals surface area (Å²) < 4.78 is 11.7. The zero-order valence-electron chi connectivity index (χ0n) is 23.0. The van der Waals surface area contributed by atoms with Crippen LogP contribution in [-0.2, 0) is 34.0 Å². The molecule has 0 aliphatic rings. The zero-order chi connectivity index (χ0) is 29.0. The first-order chi connectivity index (χ1) is 19.1. The van der Waals surface area contributed by atoms with Gasteiger partial charge in [-0.05, 0) is 80.6 Å². The average Bonchev–Trinajstić information content (AvgIpc) is 3.60. The molecule has 11 heteroatoms. The molecular formula is C29H36BrN3O5S2. The molecule has 0 saturated heterocycles. The molecule has 40 heavy (non-hydrogen) atoms. The van der Waals surface area contributed by atoms with Crippen molar-refractivity contribution in [2.75, 3.05) is 6.54 Å². The van der Waals surface area contributed by atoms with Crippen molar-refractivity contribution in [3.8, 4) is 0 Å². The summed E-state index contributed by atoms with van der Waals surface area (Å²) in [6, 6.07) is 14.7. The van der Waals surface area contributed by atoms with Gasteiger partial charge in [-0.1, -0.05) is 40.2 Å². The Morgan fingerprint density at radius 2 is 1.55 bits per heavy atom. The van der Waals surface area contributed by atoms with Crippen LogP contribution in [0.5, 0.6) is 0 Å². The number of benzene rings is 1. The summed E-state index contributed by atoms with van der Waals surface area (Å²) in [4.78, 5) is 42.4. The highest BCUT2D eigenvalue weighted by atomic mass is 79.9. The number of thiophene rings is 2. The molecule has 1 unspecified atom stereocenters. The van der Waals surface area contributed by atoms with E-state index in [0.717, 1.165) is 19.8 Å². The Morgan fingerprint density at radius 3 is 2.10 bits per heavy atom. The van der Waals surface area contributed by atoms with Gasteiger partial charge in [0.05, 0.1) is 13.1 Å². The van der Waals surface area contributed by atoms with Crippen LogP contribution >= 0.6 is 38.6 Å². The van der Waals surface area contributed by atoms with E-state index in [2.05, 4.69) is 26.6 Å². The highest BCUT2D eigenvalue weighted by Crippen LogP contribution is 2.20. The second kappa shape index (κ2) is 15.8. The molecule has 0 bridgehead atoms. The number of hydrogen-bond donors (Lipinski definition) is 2. The quantitative estimate of drug-likeness (QED) is 0.193. The predicted octanol–water partition coefficient (Wildman–Crippen LogP) is 7.09. The average molecular weight is 651 g/mol. The van der Waals surface area contributed by atoms with Crippen LogP contribution in [0.2, 0.25) is 0 Å². The van der Waals surface area contributed by atoms with Gasteiger partial charge >= 0.3 is 12.2 Å². The number of carbonyl (C=O) groups is 3. The molecule has 8 nitrogen and oxygen atoms in total. The summed E-state index contributed by atoms with van der Waals surface area (Å²) in [7, 11) is 0. The van der Waals surface area contributed by atoms with Crippen molar-refractivity contribution in [1.29, 1.82) is 0 Å². The summed E-state index contributed by atoms with van der Waals surface area (Å²) in [6.45, 7) is 6.82. The standard InChI is InChI=1S/C29H36BrN3O5S2/c1-29(2,3)38-28(36)32-25(10-4-5-15-31-27(35)37-20-21-11-13-22(30)14-12-21)26(34)33(18-23-8-6-16-39-23)19-24-9-7-17-40-24/h6-9,11-14,16-17,25H,4-5,10,15,18-20H2,1-3H3,(H,31,35)(H,32,36). The molecule has 1 atom stereocenters. The van der Waals surface area contributed by atoms with E-state index in [1.807, 2.05) is 59.3 Å². The maximum Gasteiger partial charge on any atom is 0.408 e. The lowest BCUT2D eigenvalue weighted by Gasteiger charge is -2.28. The van der Waals surface area contributed by atoms with Gasteiger partial charge in [0, 0.05) is 20.8 Å². The van der Waals surface area contributed by atoms with Gasteiger partial charge in [0.1, 0.15) is 18.2 Å². The van der Waals surface area contributed by atoms with Crippen molar-refractivity contribution in [1.82, 2.24) is 15.5 Å². The summed E-state index contributed by atoms with van der Waals surface area (Å²) in [6.07, 6.45) is 0.487. The third kappa shape index (κ3) is 11.7. The lowest BCUT2D eigenvalue weighted by molar-refractivity contribution is -0.134. The molecule has 2 N–H and O–H groups in total. The number of unbranched alkanes of at least 4 members (excludes halogenated alkanes) is 1. The molecule has 216 valence electrons. The molecular weight excluding hydrogens is 614 g/mol. The SMILES string of the molecule is CC(C)(C)OC(=O)NC(CCCCNC(=O)OCc1ccc(Br)cc1)C(=O)N(Cc1cccs1)Cc1cccs1. The first kappa shape index (κ1) is 31.6. The largest absolute Gasteiger partial charge is 0.445 e. The predicted molar refractivity (Wildman–Crippen MR) is 162 cm³/mol. The molecule has 3 amide bonds. The molecule has 0 fully saturated rings. The molecule has 0 aliphatic heterocycles. The highest BCUT2D eigenvalue weighted by molar-refractivity contribution is 9.10. The van der Waals surface area contributed by atoms with Crippen molar-refractivity contribution >= 4 is 56.7 Å². The van der Waals surface area contributed by atoms with E-state index < -0.39 is 23.8 Å². The molecule has 1 aromatic carbocycles. The van der Waals surface area contributed by atoms with E-state index in [4.69, 9.17) is 9.47 Å². The third-order valence-corrected chi connectivity index (χ3v) is 7.88. The van der Waals surface area contributed by atoms with Gasteiger partial charge in [0.25, 0.3) is 0 Å². The van der Waals surface area contributed by atoms with E-state index in [1.165, 1.54) is 0 Å². The summed E-state index contributed by atoms with van der Waals surface area (Å²) in [5, 5.41) is 9.51. The van der Waals surface area contributed by atoms with Crippen LogP contribution in [0.4, 0.5) is 9.59 Å². The molecule has 0 spiro atoms. The van der Waals surface area contributed by atoms with Gasteiger partial charge in [0.15, 0.2) is 0 Å². The van der Waals surface area contributed by atoms with Crippen molar-refractivity contribution in [3.63, 3.8) is 0 Å². The Hall–Kier alpha value is -2.89. The molecule has 2 heterocycles. The zero-order valence-corrected chi connectivity index (χ0v) is 26.2. The van der Waals surface area contributed by atoms with Crippen LogP contribution in [-0.4, -0.2) is 41.2 Å². The van der Waals surface area contributed by atoms with E-state index >= 15 is 0 Å². The van der Waals surface area contributed by atoms with Gasteiger partial charge in [0.2, 0.25) is 5.91 Å².